The molecule has 2 aromatic carbocycles. The number of carboxylic acid groups (broad SMARTS) is 1. The molecular formula is C22H27NO4. The molecule has 27 heavy (non-hydrogen) atoms. The standard InChI is InChI=1S/C22H27NO4/c1-15(2)19(14-17-9-5-7-11-20(17)27-3)23-21(24)13-12-16-8-4-6-10-18(16)22(25)26/h4-11,15,19H,12-14H2,1-3H3,(H,23,24)(H,25,26). The summed E-state index contributed by atoms with van der Waals surface area (Å²) in [6.45, 7) is 4.14. The number of rotatable bonds is 9. The lowest BCUT2D eigenvalue weighted by atomic mass is 9.95. The molecule has 144 valence electrons. The Balaban J connectivity index is 2.00. The monoisotopic (exact) mass is 369 g/mol. The number of hydrogen-bond acceptors (Lipinski definition) is 3. The predicted octanol–water partition coefficient (Wildman–Crippen LogP) is 3.71. The molecule has 0 radical (unpaired) electrons. The van der Waals surface area contributed by atoms with Crippen molar-refractivity contribution in [2.24, 2.45) is 5.92 Å². The Labute approximate surface area is 160 Å². The third kappa shape index (κ3) is 5.84. The average Bonchev–Trinajstić information content (AvgIpc) is 2.66. The van der Waals surface area contributed by atoms with Gasteiger partial charge in [0.05, 0.1) is 12.7 Å². The Morgan fingerprint density at radius 1 is 1.04 bits per heavy atom. The van der Waals surface area contributed by atoms with Crippen molar-refractivity contribution >= 4 is 11.9 Å². The molecule has 0 aromatic heterocycles. The lowest BCUT2D eigenvalue weighted by molar-refractivity contribution is -0.122. The Morgan fingerprint density at radius 2 is 1.67 bits per heavy atom. The number of amides is 1. The summed E-state index contributed by atoms with van der Waals surface area (Å²) in [4.78, 5) is 23.8. The van der Waals surface area contributed by atoms with Crippen LogP contribution >= 0.6 is 0 Å². The van der Waals surface area contributed by atoms with Gasteiger partial charge in [0.2, 0.25) is 5.91 Å². The van der Waals surface area contributed by atoms with Gasteiger partial charge in [-0.3, -0.25) is 4.79 Å². The molecule has 0 aliphatic carbocycles. The highest BCUT2D eigenvalue weighted by Crippen LogP contribution is 2.21. The number of para-hydroxylation sites is 1. The van der Waals surface area contributed by atoms with Crippen LogP contribution in [-0.2, 0) is 17.6 Å². The van der Waals surface area contributed by atoms with Crippen molar-refractivity contribution in [1.29, 1.82) is 0 Å². The number of benzene rings is 2. The number of hydrogen-bond donors (Lipinski definition) is 2. The molecule has 0 fully saturated rings. The molecule has 1 amide bonds. The fraction of sp³-hybridized carbons (Fsp3) is 0.364. The van der Waals surface area contributed by atoms with E-state index in [1.165, 1.54) is 0 Å². The first-order chi connectivity index (χ1) is 12.9. The SMILES string of the molecule is COc1ccccc1CC(NC(=O)CCc1ccccc1C(=O)O)C(C)C. The second kappa shape index (κ2) is 9.76. The van der Waals surface area contributed by atoms with Gasteiger partial charge in [-0.15, -0.1) is 0 Å². The summed E-state index contributed by atoms with van der Waals surface area (Å²) in [7, 11) is 1.64. The molecule has 0 bridgehead atoms. The summed E-state index contributed by atoms with van der Waals surface area (Å²) in [6, 6.07) is 14.6. The molecule has 2 aromatic rings. The number of nitrogens with one attached hydrogen (secondary N) is 1. The zero-order chi connectivity index (χ0) is 19.8. The zero-order valence-corrected chi connectivity index (χ0v) is 16.1. The van der Waals surface area contributed by atoms with Crippen LogP contribution in [0.1, 0.15) is 41.8 Å². The molecule has 0 saturated carbocycles. The van der Waals surface area contributed by atoms with Crippen LogP contribution in [0.15, 0.2) is 48.5 Å². The third-order valence-corrected chi connectivity index (χ3v) is 4.65. The number of carbonyl (C=O) groups is 2. The Morgan fingerprint density at radius 3 is 2.30 bits per heavy atom. The molecule has 2 N–H and O–H groups in total. The fourth-order valence-corrected chi connectivity index (χ4v) is 3.04. The van der Waals surface area contributed by atoms with E-state index in [2.05, 4.69) is 19.2 Å². The minimum absolute atomic E-state index is 0.0245. The van der Waals surface area contributed by atoms with Crippen LogP contribution < -0.4 is 10.1 Å². The van der Waals surface area contributed by atoms with Gasteiger partial charge in [0.15, 0.2) is 0 Å². The van der Waals surface area contributed by atoms with Crippen LogP contribution in [0, 0.1) is 5.92 Å². The van der Waals surface area contributed by atoms with Crippen molar-refractivity contribution in [3.63, 3.8) is 0 Å². The van der Waals surface area contributed by atoms with Gasteiger partial charge in [0.25, 0.3) is 0 Å². The molecule has 5 nitrogen and oxygen atoms in total. The number of methoxy groups -OCH3 is 1. The maximum Gasteiger partial charge on any atom is 0.335 e. The van der Waals surface area contributed by atoms with Crippen molar-refractivity contribution < 1.29 is 19.4 Å². The summed E-state index contributed by atoms with van der Waals surface area (Å²) < 4.78 is 5.40. The van der Waals surface area contributed by atoms with E-state index in [-0.39, 0.29) is 29.9 Å². The van der Waals surface area contributed by atoms with Crippen LogP contribution in [0.2, 0.25) is 0 Å². The van der Waals surface area contributed by atoms with E-state index < -0.39 is 5.97 Å². The van der Waals surface area contributed by atoms with Gasteiger partial charge in [-0.2, -0.15) is 0 Å². The minimum Gasteiger partial charge on any atom is -0.496 e. The fourth-order valence-electron chi connectivity index (χ4n) is 3.04. The smallest absolute Gasteiger partial charge is 0.335 e. The maximum atomic E-state index is 12.5. The molecule has 1 atom stereocenters. The van der Waals surface area contributed by atoms with Crippen molar-refractivity contribution in [1.82, 2.24) is 5.32 Å². The second-order valence-electron chi connectivity index (χ2n) is 6.90. The number of carbonyl (C=O) groups excluding carboxylic acids is 1. The van der Waals surface area contributed by atoms with Crippen LogP contribution in [0.3, 0.4) is 0 Å². The Bertz CT molecular complexity index is 785. The van der Waals surface area contributed by atoms with Crippen molar-refractivity contribution in [3.05, 3.63) is 65.2 Å². The summed E-state index contributed by atoms with van der Waals surface area (Å²) in [5.41, 5.74) is 1.97. The largest absolute Gasteiger partial charge is 0.496 e. The molecule has 0 aliphatic rings. The van der Waals surface area contributed by atoms with Crippen molar-refractivity contribution in [3.8, 4) is 5.75 Å². The zero-order valence-electron chi connectivity index (χ0n) is 16.1. The van der Waals surface area contributed by atoms with Gasteiger partial charge in [-0.25, -0.2) is 4.79 Å². The van der Waals surface area contributed by atoms with E-state index in [0.717, 1.165) is 11.3 Å². The average molecular weight is 369 g/mol. The first-order valence-electron chi connectivity index (χ1n) is 9.14. The number of aromatic carboxylic acids is 1. The molecule has 1 unspecified atom stereocenters. The van der Waals surface area contributed by atoms with E-state index >= 15 is 0 Å². The maximum absolute atomic E-state index is 12.5. The van der Waals surface area contributed by atoms with E-state index in [0.29, 0.717) is 18.4 Å². The minimum atomic E-state index is -0.970. The van der Waals surface area contributed by atoms with Gasteiger partial charge < -0.3 is 15.2 Å². The van der Waals surface area contributed by atoms with Gasteiger partial charge in [0.1, 0.15) is 5.75 Å². The quantitative estimate of drug-likeness (QED) is 0.706. The Hall–Kier alpha value is -2.82. The topological polar surface area (TPSA) is 75.6 Å². The first kappa shape index (κ1) is 20.5. The predicted molar refractivity (Wildman–Crippen MR) is 105 cm³/mol. The first-order valence-corrected chi connectivity index (χ1v) is 9.14. The second-order valence-corrected chi connectivity index (χ2v) is 6.90. The number of aryl methyl sites for hydroxylation is 1. The molecular weight excluding hydrogens is 342 g/mol. The normalized spacial score (nSPS) is 11.9. The number of carboxylic acids is 1. The lowest BCUT2D eigenvalue weighted by Gasteiger charge is -2.23. The molecule has 0 heterocycles. The van der Waals surface area contributed by atoms with Gasteiger partial charge in [-0.05, 0) is 42.0 Å². The van der Waals surface area contributed by atoms with E-state index in [9.17, 15) is 14.7 Å². The van der Waals surface area contributed by atoms with Crippen LogP contribution in [0.5, 0.6) is 5.75 Å². The summed E-state index contributed by atoms with van der Waals surface area (Å²) in [5.74, 6) is 0.0176. The summed E-state index contributed by atoms with van der Waals surface area (Å²) in [5, 5.41) is 12.3. The van der Waals surface area contributed by atoms with Crippen LogP contribution in [-0.4, -0.2) is 30.1 Å². The van der Waals surface area contributed by atoms with E-state index in [1.807, 2.05) is 24.3 Å². The van der Waals surface area contributed by atoms with E-state index in [4.69, 9.17) is 4.74 Å². The Kier molecular flexibility index (Phi) is 7.41. The van der Waals surface area contributed by atoms with Gasteiger partial charge >= 0.3 is 5.97 Å². The third-order valence-electron chi connectivity index (χ3n) is 4.65. The molecule has 2 rings (SSSR count). The highest BCUT2D eigenvalue weighted by molar-refractivity contribution is 5.89. The molecule has 0 aliphatic heterocycles. The molecule has 0 saturated heterocycles. The molecule has 5 heteroatoms. The van der Waals surface area contributed by atoms with Crippen molar-refractivity contribution in [2.45, 2.75) is 39.2 Å². The van der Waals surface area contributed by atoms with Gasteiger partial charge in [0, 0.05) is 12.5 Å². The molecule has 0 spiro atoms. The van der Waals surface area contributed by atoms with Crippen molar-refractivity contribution in [2.75, 3.05) is 7.11 Å². The van der Waals surface area contributed by atoms with Gasteiger partial charge in [-0.1, -0.05) is 50.2 Å². The summed E-state index contributed by atoms with van der Waals surface area (Å²) >= 11 is 0. The highest BCUT2D eigenvalue weighted by Gasteiger charge is 2.19. The van der Waals surface area contributed by atoms with E-state index in [1.54, 1.807) is 31.4 Å². The number of ether oxygens (including phenoxy) is 1. The summed E-state index contributed by atoms with van der Waals surface area (Å²) in [6.07, 6.45) is 1.33. The van der Waals surface area contributed by atoms with Crippen LogP contribution in [0.25, 0.3) is 0 Å². The van der Waals surface area contributed by atoms with Crippen LogP contribution in [0.4, 0.5) is 0 Å². The lowest BCUT2D eigenvalue weighted by Crippen LogP contribution is -2.40. The highest BCUT2D eigenvalue weighted by atomic mass is 16.5.